The van der Waals surface area contributed by atoms with Crippen molar-refractivity contribution in [2.45, 2.75) is 13.5 Å². The van der Waals surface area contributed by atoms with Gasteiger partial charge in [-0.05, 0) is 29.9 Å². The molecule has 0 radical (unpaired) electrons. The number of hydrogen-bond acceptors (Lipinski definition) is 4. The zero-order valence-electron chi connectivity index (χ0n) is 14.7. The van der Waals surface area contributed by atoms with Crippen molar-refractivity contribution in [3.05, 3.63) is 70.4 Å². The number of para-hydroxylation sites is 1. The largest absolute Gasteiger partial charge is 0.303 e. The molecule has 2 aliphatic heterocycles. The topological polar surface area (TPSA) is 69.7 Å². The zero-order valence-corrected chi connectivity index (χ0v) is 16.3. The van der Waals surface area contributed by atoms with E-state index in [2.05, 4.69) is 5.32 Å². The van der Waals surface area contributed by atoms with E-state index in [1.807, 2.05) is 18.2 Å². The number of nitrogens with one attached hydrogen (secondary N) is 1. The molecule has 0 bridgehead atoms. The Morgan fingerprint density at radius 2 is 1.79 bits per heavy atom. The third kappa shape index (κ3) is 2.80. The first kappa shape index (κ1) is 18.3. The van der Waals surface area contributed by atoms with Crippen molar-refractivity contribution in [3.63, 3.8) is 0 Å². The van der Waals surface area contributed by atoms with Gasteiger partial charge in [-0.3, -0.25) is 24.6 Å². The molecule has 2 aliphatic rings. The lowest BCUT2D eigenvalue weighted by Crippen LogP contribution is -2.32. The van der Waals surface area contributed by atoms with E-state index in [0.29, 0.717) is 16.3 Å². The monoisotopic (exact) mass is 411 g/mol. The number of carbonyl (C=O) groups excluding carboxylic acids is 3. The maximum absolute atomic E-state index is 13.3. The van der Waals surface area contributed by atoms with Crippen molar-refractivity contribution in [2.24, 2.45) is 0 Å². The van der Waals surface area contributed by atoms with Crippen molar-refractivity contribution >= 4 is 57.9 Å². The lowest BCUT2D eigenvalue weighted by atomic mass is 10.0. The summed E-state index contributed by atoms with van der Waals surface area (Å²) in [6.45, 7) is 1.53. The van der Waals surface area contributed by atoms with Crippen LogP contribution in [-0.4, -0.2) is 27.7 Å². The minimum Gasteiger partial charge on any atom is -0.303 e. The number of nitrogens with zero attached hydrogens (tertiary/aromatic N) is 2. The fourth-order valence-electron chi connectivity index (χ4n) is 3.40. The second-order valence-corrected chi connectivity index (χ2v) is 7.13. The summed E-state index contributed by atoms with van der Waals surface area (Å²) in [4.78, 5) is 40.6. The van der Waals surface area contributed by atoms with E-state index in [1.54, 1.807) is 35.2 Å². The standard InChI is InChI=1S/C20H14ClN3O3S/c1-11(25)24-17(18(26)22-20(24)28)16-13-7-3-5-9-15(13)23(19(16)27)10-12-6-2-4-8-14(12)21/h2-9H,10H2,1H3,(H,22,26,28)/b17-16-. The molecule has 0 unspecified atom stereocenters. The van der Waals surface area contributed by atoms with E-state index in [1.165, 1.54) is 6.92 Å². The van der Waals surface area contributed by atoms with Crippen LogP contribution in [-0.2, 0) is 20.9 Å². The summed E-state index contributed by atoms with van der Waals surface area (Å²) < 4.78 is 0. The molecule has 0 saturated carbocycles. The predicted molar refractivity (Wildman–Crippen MR) is 109 cm³/mol. The van der Waals surface area contributed by atoms with Gasteiger partial charge in [-0.1, -0.05) is 48.0 Å². The van der Waals surface area contributed by atoms with Crippen LogP contribution in [0.2, 0.25) is 5.02 Å². The van der Waals surface area contributed by atoms with E-state index >= 15 is 0 Å². The fourth-order valence-corrected chi connectivity index (χ4v) is 3.91. The number of benzene rings is 2. The van der Waals surface area contributed by atoms with Gasteiger partial charge in [-0.15, -0.1) is 0 Å². The second kappa shape index (κ2) is 6.85. The summed E-state index contributed by atoms with van der Waals surface area (Å²) in [5.41, 5.74) is 2.09. The number of thiocarbonyl (C=S) groups is 1. The third-order valence-electron chi connectivity index (χ3n) is 4.62. The van der Waals surface area contributed by atoms with Crippen LogP contribution in [0.25, 0.3) is 5.57 Å². The van der Waals surface area contributed by atoms with Gasteiger partial charge >= 0.3 is 0 Å². The van der Waals surface area contributed by atoms with Crippen LogP contribution in [0.5, 0.6) is 0 Å². The number of amides is 3. The van der Waals surface area contributed by atoms with Crippen LogP contribution in [0.15, 0.2) is 54.2 Å². The fraction of sp³-hybridized carbons (Fsp3) is 0.100. The molecule has 0 spiro atoms. The quantitative estimate of drug-likeness (QED) is 0.609. The maximum atomic E-state index is 13.3. The number of fused-ring (bicyclic) bond motifs is 1. The van der Waals surface area contributed by atoms with Gasteiger partial charge in [0, 0.05) is 17.5 Å². The SMILES string of the molecule is CC(=O)N1C(=S)NC(=O)/C1=C1/C(=O)N(Cc2ccccc2Cl)c2ccccc21. The molecule has 0 aromatic heterocycles. The molecule has 0 atom stereocenters. The molecule has 2 aromatic carbocycles. The molecular formula is C20H14ClN3O3S. The molecule has 0 aliphatic carbocycles. The van der Waals surface area contributed by atoms with E-state index in [9.17, 15) is 14.4 Å². The van der Waals surface area contributed by atoms with Crippen LogP contribution in [0.4, 0.5) is 5.69 Å². The third-order valence-corrected chi connectivity index (χ3v) is 5.28. The van der Waals surface area contributed by atoms with Crippen molar-refractivity contribution in [3.8, 4) is 0 Å². The Morgan fingerprint density at radius 1 is 1.11 bits per heavy atom. The van der Waals surface area contributed by atoms with Crippen LogP contribution >= 0.6 is 23.8 Å². The highest BCUT2D eigenvalue weighted by molar-refractivity contribution is 7.80. The summed E-state index contributed by atoms with van der Waals surface area (Å²) in [6, 6.07) is 14.4. The molecule has 1 fully saturated rings. The molecule has 8 heteroatoms. The Labute approximate surface area is 171 Å². The smallest absolute Gasteiger partial charge is 0.275 e. The normalized spacial score (nSPS) is 18.6. The molecule has 28 heavy (non-hydrogen) atoms. The van der Waals surface area contributed by atoms with Crippen molar-refractivity contribution in [1.29, 1.82) is 0 Å². The van der Waals surface area contributed by atoms with E-state index in [-0.39, 0.29) is 28.8 Å². The summed E-state index contributed by atoms with van der Waals surface area (Å²) in [5, 5.41) is 2.96. The van der Waals surface area contributed by atoms with Crippen molar-refractivity contribution in [2.75, 3.05) is 4.90 Å². The Hall–Kier alpha value is -3.03. The Kier molecular flexibility index (Phi) is 4.49. The average molecular weight is 412 g/mol. The van der Waals surface area contributed by atoms with Crippen LogP contribution in [0.1, 0.15) is 18.1 Å². The minimum absolute atomic E-state index is 0.0326. The lowest BCUT2D eigenvalue weighted by molar-refractivity contribution is -0.125. The van der Waals surface area contributed by atoms with E-state index in [0.717, 1.165) is 10.5 Å². The number of hydrogen-bond donors (Lipinski definition) is 1. The maximum Gasteiger partial charge on any atom is 0.275 e. The van der Waals surface area contributed by atoms with E-state index < -0.39 is 11.8 Å². The molecule has 2 heterocycles. The lowest BCUT2D eigenvalue weighted by Gasteiger charge is -2.18. The number of carbonyl (C=O) groups is 3. The average Bonchev–Trinajstić information content (AvgIpc) is 3.10. The molecule has 4 rings (SSSR count). The molecule has 1 N–H and O–H groups in total. The molecule has 6 nitrogen and oxygen atoms in total. The Balaban J connectivity index is 1.88. The Bertz CT molecular complexity index is 1100. The first-order valence-electron chi connectivity index (χ1n) is 8.45. The van der Waals surface area contributed by atoms with Gasteiger partial charge in [-0.2, -0.15) is 0 Å². The van der Waals surface area contributed by atoms with Gasteiger partial charge in [0.25, 0.3) is 11.8 Å². The summed E-state index contributed by atoms with van der Waals surface area (Å²) in [6.07, 6.45) is 0. The van der Waals surface area contributed by atoms with Gasteiger partial charge in [0.05, 0.1) is 17.8 Å². The molecule has 3 amide bonds. The second-order valence-electron chi connectivity index (χ2n) is 6.34. The number of rotatable bonds is 2. The highest BCUT2D eigenvalue weighted by Gasteiger charge is 2.43. The predicted octanol–water partition coefficient (Wildman–Crippen LogP) is 2.86. The van der Waals surface area contributed by atoms with Gasteiger partial charge in [0.2, 0.25) is 5.91 Å². The number of anilines is 1. The zero-order chi connectivity index (χ0) is 20.0. The van der Waals surface area contributed by atoms with Crippen molar-refractivity contribution < 1.29 is 14.4 Å². The highest BCUT2D eigenvalue weighted by Crippen LogP contribution is 2.41. The number of halogens is 1. The minimum atomic E-state index is -0.571. The summed E-state index contributed by atoms with van der Waals surface area (Å²) in [5.74, 6) is -1.40. The molecule has 2 aromatic rings. The van der Waals surface area contributed by atoms with E-state index in [4.69, 9.17) is 23.8 Å². The van der Waals surface area contributed by atoms with Crippen molar-refractivity contribution in [1.82, 2.24) is 10.2 Å². The highest BCUT2D eigenvalue weighted by atomic mass is 35.5. The van der Waals surface area contributed by atoms with Gasteiger partial charge in [0.15, 0.2) is 5.11 Å². The first-order chi connectivity index (χ1) is 13.4. The Morgan fingerprint density at radius 3 is 2.50 bits per heavy atom. The molecule has 1 saturated heterocycles. The summed E-state index contributed by atoms with van der Waals surface area (Å²) in [7, 11) is 0. The van der Waals surface area contributed by atoms with Crippen LogP contribution in [0, 0.1) is 0 Å². The molecule has 140 valence electrons. The van der Waals surface area contributed by atoms with Gasteiger partial charge in [-0.25, -0.2) is 0 Å². The van der Waals surface area contributed by atoms with Gasteiger partial charge < -0.3 is 4.90 Å². The van der Waals surface area contributed by atoms with Crippen LogP contribution in [0.3, 0.4) is 0 Å². The first-order valence-corrected chi connectivity index (χ1v) is 9.23. The van der Waals surface area contributed by atoms with Gasteiger partial charge in [0.1, 0.15) is 5.70 Å². The summed E-state index contributed by atoms with van der Waals surface area (Å²) >= 11 is 11.4. The van der Waals surface area contributed by atoms with Crippen LogP contribution < -0.4 is 10.2 Å². The molecular weight excluding hydrogens is 398 g/mol.